The van der Waals surface area contributed by atoms with Crippen LogP contribution in [0.25, 0.3) is 11.3 Å². The van der Waals surface area contributed by atoms with Crippen LogP contribution in [0, 0.1) is 6.92 Å². The zero-order chi connectivity index (χ0) is 14.0. The van der Waals surface area contributed by atoms with Crippen LogP contribution in [0.4, 0.5) is 13.2 Å². The molecule has 1 aromatic carbocycles. The Morgan fingerprint density at radius 1 is 1.21 bits per heavy atom. The highest BCUT2D eigenvalue weighted by Crippen LogP contribution is 2.20. The molecule has 6 heteroatoms. The average molecular weight is 268 g/mol. The Labute approximate surface area is 107 Å². The standard InChI is InChI=1S/C13H11F3N2O/c1-9-7-11(19)18(8-13(14,15)16)17-12(9)10-5-3-2-4-6-10/h2-7H,8H2,1H3. The third-order valence-corrected chi connectivity index (χ3v) is 2.56. The van der Waals surface area contributed by atoms with Crippen molar-refractivity contribution in [2.24, 2.45) is 0 Å². The molecule has 0 aliphatic heterocycles. The van der Waals surface area contributed by atoms with E-state index in [1.54, 1.807) is 37.3 Å². The summed E-state index contributed by atoms with van der Waals surface area (Å²) in [6.45, 7) is 0.264. The van der Waals surface area contributed by atoms with E-state index in [1.807, 2.05) is 0 Å². The van der Waals surface area contributed by atoms with Gasteiger partial charge in [0.2, 0.25) is 0 Å². The van der Waals surface area contributed by atoms with Gasteiger partial charge in [0.1, 0.15) is 6.54 Å². The van der Waals surface area contributed by atoms with Crippen molar-refractivity contribution in [1.29, 1.82) is 0 Å². The van der Waals surface area contributed by atoms with E-state index < -0.39 is 18.3 Å². The number of alkyl halides is 3. The monoisotopic (exact) mass is 268 g/mol. The van der Waals surface area contributed by atoms with Crippen LogP contribution in [0.2, 0.25) is 0 Å². The van der Waals surface area contributed by atoms with Gasteiger partial charge in [-0.15, -0.1) is 0 Å². The summed E-state index contributed by atoms with van der Waals surface area (Å²) in [5.41, 5.74) is 0.851. The van der Waals surface area contributed by atoms with Gasteiger partial charge in [-0.3, -0.25) is 4.79 Å². The Morgan fingerprint density at radius 3 is 2.42 bits per heavy atom. The third-order valence-electron chi connectivity index (χ3n) is 2.56. The molecule has 0 amide bonds. The first kappa shape index (κ1) is 13.3. The average Bonchev–Trinajstić information content (AvgIpc) is 2.32. The molecule has 0 radical (unpaired) electrons. The topological polar surface area (TPSA) is 34.9 Å². The van der Waals surface area contributed by atoms with Crippen LogP contribution in [0.15, 0.2) is 41.2 Å². The molecule has 0 fully saturated rings. The second kappa shape index (κ2) is 4.87. The lowest BCUT2D eigenvalue weighted by Crippen LogP contribution is -2.30. The first-order valence-corrected chi connectivity index (χ1v) is 5.58. The molecule has 0 unspecified atom stereocenters. The molecule has 2 aromatic rings. The molecule has 1 aromatic heterocycles. The van der Waals surface area contributed by atoms with Gasteiger partial charge in [0.15, 0.2) is 0 Å². The fourth-order valence-corrected chi connectivity index (χ4v) is 1.74. The summed E-state index contributed by atoms with van der Waals surface area (Å²) >= 11 is 0. The van der Waals surface area contributed by atoms with E-state index in [0.29, 0.717) is 21.5 Å². The number of nitrogens with zero attached hydrogens (tertiary/aromatic N) is 2. The predicted molar refractivity (Wildman–Crippen MR) is 64.7 cm³/mol. The van der Waals surface area contributed by atoms with Crippen molar-refractivity contribution in [2.45, 2.75) is 19.6 Å². The highest BCUT2D eigenvalue weighted by atomic mass is 19.4. The van der Waals surface area contributed by atoms with Gasteiger partial charge >= 0.3 is 6.18 Å². The van der Waals surface area contributed by atoms with Gasteiger partial charge < -0.3 is 0 Å². The minimum atomic E-state index is -4.47. The first-order valence-electron chi connectivity index (χ1n) is 5.58. The van der Waals surface area contributed by atoms with Crippen molar-refractivity contribution in [3.05, 3.63) is 52.3 Å². The predicted octanol–water partition coefficient (Wildman–Crippen LogP) is 2.78. The highest BCUT2D eigenvalue weighted by Gasteiger charge is 2.29. The molecule has 1 heterocycles. The normalized spacial score (nSPS) is 11.6. The van der Waals surface area contributed by atoms with Gasteiger partial charge in [0, 0.05) is 11.6 Å². The molecule has 0 aliphatic carbocycles. The number of halogens is 3. The fourth-order valence-electron chi connectivity index (χ4n) is 1.74. The molecule has 100 valence electrons. The van der Waals surface area contributed by atoms with Crippen LogP contribution in [-0.2, 0) is 6.54 Å². The minimum absolute atomic E-state index is 0.379. The molecular formula is C13H11F3N2O. The summed E-state index contributed by atoms with van der Waals surface area (Å²) in [6.07, 6.45) is -4.47. The number of aromatic nitrogens is 2. The molecular weight excluding hydrogens is 257 g/mol. The Hall–Kier alpha value is -2.11. The van der Waals surface area contributed by atoms with Crippen LogP contribution in [-0.4, -0.2) is 16.0 Å². The quantitative estimate of drug-likeness (QED) is 0.839. The zero-order valence-electron chi connectivity index (χ0n) is 10.1. The number of rotatable bonds is 2. The summed E-state index contributed by atoms with van der Waals surface area (Å²) < 4.78 is 37.5. The Kier molecular flexibility index (Phi) is 3.42. The minimum Gasteiger partial charge on any atom is -0.268 e. The van der Waals surface area contributed by atoms with E-state index in [1.165, 1.54) is 6.07 Å². The number of hydrogen-bond acceptors (Lipinski definition) is 2. The van der Waals surface area contributed by atoms with E-state index in [0.717, 1.165) is 0 Å². The lowest BCUT2D eigenvalue weighted by Gasteiger charge is -2.11. The molecule has 0 saturated heterocycles. The van der Waals surface area contributed by atoms with Gasteiger partial charge in [-0.1, -0.05) is 30.3 Å². The highest BCUT2D eigenvalue weighted by molar-refractivity contribution is 5.61. The van der Waals surface area contributed by atoms with E-state index in [9.17, 15) is 18.0 Å². The van der Waals surface area contributed by atoms with Crippen molar-refractivity contribution in [2.75, 3.05) is 0 Å². The van der Waals surface area contributed by atoms with Crippen molar-refractivity contribution in [3.63, 3.8) is 0 Å². The first-order chi connectivity index (χ1) is 8.87. The molecule has 3 nitrogen and oxygen atoms in total. The van der Waals surface area contributed by atoms with Gasteiger partial charge in [-0.2, -0.15) is 18.3 Å². The molecule has 0 aliphatic rings. The Morgan fingerprint density at radius 2 is 1.84 bits per heavy atom. The van der Waals surface area contributed by atoms with Crippen LogP contribution in [0.5, 0.6) is 0 Å². The molecule has 0 saturated carbocycles. The van der Waals surface area contributed by atoms with E-state index >= 15 is 0 Å². The van der Waals surface area contributed by atoms with Crippen molar-refractivity contribution < 1.29 is 13.2 Å². The zero-order valence-corrected chi connectivity index (χ0v) is 10.1. The number of benzene rings is 1. The van der Waals surface area contributed by atoms with E-state index in [-0.39, 0.29) is 0 Å². The molecule has 0 N–H and O–H groups in total. The van der Waals surface area contributed by atoms with Gasteiger partial charge in [0.25, 0.3) is 5.56 Å². The fraction of sp³-hybridized carbons (Fsp3) is 0.231. The van der Waals surface area contributed by atoms with E-state index in [2.05, 4.69) is 5.10 Å². The maximum Gasteiger partial charge on any atom is 0.408 e. The molecule has 0 atom stereocenters. The summed E-state index contributed by atoms with van der Waals surface area (Å²) in [5.74, 6) is 0. The van der Waals surface area contributed by atoms with Crippen LogP contribution in [0.1, 0.15) is 5.56 Å². The van der Waals surface area contributed by atoms with Crippen LogP contribution in [0.3, 0.4) is 0 Å². The third kappa shape index (κ3) is 3.21. The summed E-state index contributed by atoms with van der Waals surface area (Å²) in [6, 6.07) is 9.95. The van der Waals surface area contributed by atoms with Crippen LogP contribution < -0.4 is 5.56 Å². The maximum absolute atomic E-state index is 12.4. The molecule has 2 rings (SSSR count). The van der Waals surface area contributed by atoms with Crippen molar-refractivity contribution in [1.82, 2.24) is 9.78 Å². The number of hydrogen-bond donors (Lipinski definition) is 0. The molecule has 19 heavy (non-hydrogen) atoms. The Bertz CT molecular complexity index is 633. The second-order valence-electron chi connectivity index (χ2n) is 4.15. The van der Waals surface area contributed by atoms with Gasteiger partial charge in [-0.25, -0.2) is 4.68 Å². The summed E-state index contributed by atoms with van der Waals surface area (Å²) in [4.78, 5) is 11.5. The molecule has 0 spiro atoms. The van der Waals surface area contributed by atoms with Crippen molar-refractivity contribution in [3.8, 4) is 11.3 Å². The number of aryl methyl sites for hydroxylation is 1. The van der Waals surface area contributed by atoms with E-state index in [4.69, 9.17) is 0 Å². The SMILES string of the molecule is Cc1cc(=O)n(CC(F)(F)F)nc1-c1ccccc1. The lowest BCUT2D eigenvalue weighted by atomic mass is 10.1. The summed E-state index contributed by atoms with van der Waals surface area (Å²) in [5, 5.41) is 3.81. The lowest BCUT2D eigenvalue weighted by molar-refractivity contribution is -0.143. The maximum atomic E-state index is 12.4. The molecule has 0 bridgehead atoms. The second-order valence-corrected chi connectivity index (χ2v) is 4.15. The van der Waals surface area contributed by atoms with Gasteiger partial charge in [0.05, 0.1) is 5.69 Å². The largest absolute Gasteiger partial charge is 0.408 e. The Balaban J connectivity index is 2.52. The van der Waals surface area contributed by atoms with Crippen LogP contribution >= 0.6 is 0 Å². The van der Waals surface area contributed by atoms with Crippen molar-refractivity contribution >= 4 is 0 Å². The smallest absolute Gasteiger partial charge is 0.268 e. The van der Waals surface area contributed by atoms with Gasteiger partial charge in [-0.05, 0) is 12.5 Å². The summed E-state index contributed by atoms with van der Waals surface area (Å²) in [7, 11) is 0.